The fourth-order valence-electron chi connectivity index (χ4n) is 0.474. The van der Waals surface area contributed by atoms with Gasteiger partial charge in [-0.2, -0.15) is 0 Å². The molecule has 0 unspecified atom stereocenters. The molecule has 0 aliphatic rings. The summed E-state index contributed by atoms with van der Waals surface area (Å²) in [5.74, 6) is 0.0163. The van der Waals surface area contributed by atoms with Crippen LogP contribution in [0.3, 0.4) is 0 Å². The number of hydrogen-bond donors (Lipinski definition) is 1. The van der Waals surface area contributed by atoms with Gasteiger partial charge in [0.2, 0.25) is 5.91 Å². The molecular weight excluding hydrogens is 118 g/mol. The molecule has 1 amide bonds. The zero-order valence-corrected chi connectivity index (χ0v) is 6.09. The third-order valence-corrected chi connectivity index (χ3v) is 0.902. The van der Waals surface area contributed by atoms with Gasteiger partial charge in [-0.1, -0.05) is 13.8 Å². The van der Waals surface area contributed by atoms with Gasteiger partial charge in [-0.05, 0) is 5.92 Å². The predicted molar refractivity (Wildman–Crippen MR) is 34.0 cm³/mol. The summed E-state index contributed by atoms with van der Waals surface area (Å²) in [6.45, 7) is 5.62. The average Bonchev–Trinajstić information content (AvgIpc) is 1.63. The molecule has 0 spiro atoms. The van der Waals surface area contributed by atoms with Gasteiger partial charge < -0.3 is 0 Å². The van der Waals surface area contributed by atoms with Crippen molar-refractivity contribution in [2.24, 2.45) is 5.92 Å². The van der Waals surface area contributed by atoms with Crippen molar-refractivity contribution in [2.75, 3.05) is 6.54 Å². The molecule has 0 radical (unpaired) electrons. The molecule has 0 aromatic heterocycles. The molecule has 0 aromatic rings. The lowest BCUT2D eigenvalue weighted by atomic mass is 10.2. The molecule has 3 nitrogen and oxygen atoms in total. The lowest BCUT2D eigenvalue weighted by molar-refractivity contribution is -0.164. The molecule has 0 saturated carbocycles. The number of hydroxylamine groups is 2. The molecule has 54 valence electrons. The van der Waals surface area contributed by atoms with E-state index in [1.54, 1.807) is 0 Å². The van der Waals surface area contributed by atoms with E-state index < -0.39 is 0 Å². The van der Waals surface area contributed by atoms with Crippen molar-refractivity contribution in [2.45, 2.75) is 20.8 Å². The van der Waals surface area contributed by atoms with Crippen LogP contribution in [0.2, 0.25) is 0 Å². The maximum absolute atomic E-state index is 10.4. The van der Waals surface area contributed by atoms with Crippen molar-refractivity contribution in [1.29, 1.82) is 0 Å². The fourth-order valence-corrected chi connectivity index (χ4v) is 0.474. The zero-order valence-electron chi connectivity index (χ0n) is 6.09. The quantitative estimate of drug-likeness (QED) is 0.446. The minimum absolute atomic E-state index is 0.302. The monoisotopic (exact) mass is 131 g/mol. The van der Waals surface area contributed by atoms with Gasteiger partial charge in [-0.25, -0.2) is 5.06 Å². The summed E-state index contributed by atoms with van der Waals surface area (Å²) >= 11 is 0. The van der Waals surface area contributed by atoms with Gasteiger partial charge in [-0.3, -0.25) is 10.0 Å². The van der Waals surface area contributed by atoms with E-state index >= 15 is 0 Å². The highest BCUT2D eigenvalue weighted by Gasteiger charge is 2.04. The first-order valence-electron chi connectivity index (χ1n) is 3.01. The Morgan fingerprint density at radius 1 is 1.67 bits per heavy atom. The molecule has 0 rings (SSSR count). The van der Waals surface area contributed by atoms with Gasteiger partial charge >= 0.3 is 0 Å². The van der Waals surface area contributed by atoms with E-state index in [9.17, 15) is 4.79 Å². The molecule has 0 aromatic carbocycles. The number of nitrogens with zero attached hydrogens (tertiary/aromatic N) is 1. The van der Waals surface area contributed by atoms with Crippen LogP contribution in [0, 0.1) is 5.92 Å². The van der Waals surface area contributed by atoms with Gasteiger partial charge in [-0.15, -0.1) is 0 Å². The van der Waals surface area contributed by atoms with Gasteiger partial charge in [0.25, 0.3) is 0 Å². The molecule has 1 N–H and O–H groups in total. The Morgan fingerprint density at radius 3 is 2.22 bits per heavy atom. The Morgan fingerprint density at radius 2 is 2.11 bits per heavy atom. The summed E-state index contributed by atoms with van der Waals surface area (Å²) in [6.07, 6.45) is 0. The van der Waals surface area contributed by atoms with Crippen LogP contribution >= 0.6 is 0 Å². The lowest BCUT2D eigenvalue weighted by Gasteiger charge is -2.13. The van der Waals surface area contributed by atoms with Crippen LogP contribution in [-0.4, -0.2) is 22.7 Å². The van der Waals surface area contributed by atoms with Crippen LogP contribution in [0.1, 0.15) is 20.8 Å². The van der Waals surface area contributed by atoms with E-state index in [2.05, 4.69) is 0 Å². The highest BCUT2D eigenvalue weighted by Crippen LogP contribution is 1.94. The highest BCUT2D eigenvalue weighted by atomic mass is 16.5. The Bertz CT molecular complexity index is 101. The van der Waals surface area contributed by atoms with Crippen molar-refractivity contribution in [3.8, 4) is 0 Å². The van der Waals surface area contributed by atoms with Gasteiger partial charge in [0.05, 0.1) is 6.54 Å². The second kappa shape index (κ2) is 3.45. The summed E-state index contributed by atoms with van der Waals surface area (Å²) < 4.78 is 0. The molecule has 0 aliphatic carbocycles. The predicted octanol–water partition coefficient (Wildman–Crippen LogP) is 0.880. The first-order chi connectivity index (χ1) is 4.04. The van der Waals surface area contributed by atoms with Crippen LogP contribution in [-0.2, 0) is 4.79 Å². The van der Waals surface area contributed by atoms with E-state index in [0.29, 0.717) is 12.5 Å². The normalized spacial score (nSPS) is 9.89. The largest absolute Gasteiger partial charge is 0.286 e. The first-order valence-corrected chi connectivity index (χ1v) is 3.01. The number of amides is 1. The van der Waals surface area contributed by atoms with E-state index in [1.807, 2.05) is 13.8 Å². The van der Waals surface area contributed by atoms with Gasteiger partial charge in [0.15, 0.2) is 0 Å². The SMILES string of the molecule is CC(=O)N(O)CC(C)C. The number of carbonyl (C=O) groups is 1. The third-order valence-electron chi connectivity index (χ3n) is 0.902. The minimum Gasteiger partial charge on any atom is -0.286 e. The number of carbonyl (C=O) groups excluding carboxylic acids is 1. The van der Waals surface area contributed by atoms with Crippen molar-refractivity contribution in [3.05, 3.63) is 0 Å². The summed E-state index contributed by atoms with van der Waals surface area (Å²) in [5, 5.41) is 9.51. The highest BCUT2D eigenvalue weighted by molar-refractivity contribution is 5.71. The molecule has 3 heteroatoms. The van der Waals surface area contributed by atoms with Crippen molar-refractivity contribution in [1.82, 2.24) is 5.06 Å². The maximum Gasteiger partial charge on any atom is 0.242 e. The summed E-state index contributed by atoms with van der Waals surface area (Å²) in [5.41, 5.74) is 0. The van der Waals surface area contributed by atoms with E-state index in [0.717, 1.165) is 5.06 Å². The maximum atomic E-state index is 10.4. The standard InChI is InChI=1S/C6H13NO2/c1-5(2)4-7(9)6(3)8/h5,9H,4H2,1-3H3. The summed E-state index contributed by atoms with van der Waals surface area (Å²) in [4.78, 5) is 10.4. The van der Waals surface area contributed by atoms with E-state index in [4.69, 9.17) is 5.21 Å². The van der Waals surface area contributed by atoms with E-state index in [-0.39, 0.29) is 5.91 Å². The topological polar surface area (TPSA) is 40.5 Å². The smallest absolute Gasteiger partial charge is 0.242 e. The molecule has 0 saturated heterocycles. The fraction of sp³-hybridized carbons (Fsp3) is 0.833. The zero-order chi connectivity index (χ0) is 7.44. The third kappa shape index (κ3) is 3.97. The lowest BCUT2D eigenvalue weighted by Crippen LogP contribution is -2.28. The van der Waals surface area contributed by atoms with Crippen LogP contribution < -0.4 is 0 Å². The molecule has 0 bridgehead atoms. The van der Waals surface area contributed by atoms with Crippen molar-refractivity contribution >= 4 is 5.91 Å². The van der Waals surface area contributed by atoms with Crippen LogP contribution in [0.25, 0.3) is 0 Å². The van der Waals surface area contributed by atoms with Crippen LogP contribution in [0.4, 0.5) is 0 Å². The summed E-state index contributed by atoms with van der Waals surface area (Å²) in [6, 6.07) is 0. The molecule has 9 heavy (non-hydrogen) atoms. The second-order valence-electron chi connectivity index (χ2n) is 2.49. The molecular formula is C6H13NO2. The van der Waals surface area contributed by atoms with E-state index in [1.165, 1.54) is 6.92 Å². The molecule has 0 heterocycles. The summed E-state index contributed by atoms with van der Waals surface area (Å²) in [7, 11) is 0. The van der Waals surface area contributed by atoms with Crippen LogP contribution in [0.5, 0.6) is 0 Å². The molecule has 0 aliphatic heterocycles. The number of hydrogen-bond acceptors (Lipinski definition) is 2. The Hall–Kier alpha value is -0.570. The van der Waals surface area contributed by atoms with Crippen LogP contribution in [0.15, 0.2) is 0 Å². The Labute approximate surface area is 55.2 Å². The Kier molecular flexibility index (Phi) is 3.24. The average molecular weight is 131 g/mol. The molecule has 0 atom stereocenters. The van der Waals surface area contributed by atoms with Crippen molar-refractivity contribution < 1.29 is 10.0 Å². The minimum atomic E-state index is -0.302. The van der Waals surface area contributed by atoms with Crippen molar-refractivity contribution in [3.63, 3.8) is 0 Å². The second-order valence-corrected chi connectivity index (χ2v) is 2.49. The van der Waals surface area contributed by atoms with Gasteiger partial charge in [0, 0.05) is 6.92 Å². The molecule has 0 fully saturated rings. The first kappa shape index (κ1) is 8.43. The Balaban J connectivity index is 3.50. The van der Waals surface area contributed by atoms with Gasteiger partial charge in [0.1, 0.15) is 0 Å². The number of rotatable bonds is 2.